The molecule has 2 rings (SSSR count). The van der Waals surface area contributed by atoms with E-state index < -0.39 is 6.43 Å². The minimum atomic E-state index is -2.66. The fourth-order valence-corrected chi connectivity index (χ4v) is 1.79. The standard InChI is InChI=1S/C14H12ClF2NO/c1-8-2-4-11(15)13(6-8)19-12-5-3-9(18)7-10(12)14(16)17/h2-7,14H,18H2,1H3. The molecule has 19 heavy (non-hydrogen) atoms. The summed E-state index contributed by atoms with van der Waals surface area (Å²) in [6, 6.07) is 9.27. The van der Waals surface area contributed by atoms with Gasteiger partial charge < -0.3 is 10.5 Å². The zero-order valence-electron chi connectivity index (χ0n) is 10.2. The Hall–Kier alpha value is -1.81. The van der Waals surface area contributed by atoms with Crippen molar-refractivity contribution in [1.82, 2.24) is 0 Å². The topological polar surface area (TPSA) is 35.2 Å². The molecular weight excluding hydrogens is 272 g/mol. The number of anilines is 1. The van der Waals surface area contributed by atoms with Crippen LogP contribution in [0.25, 0.3) is 0 Å². The predicted octanol–water partition coefficient (Wildman–Crippen LogP) is 4.96. The van der Waals surface area contributed by atoms with Gasteiger partial charge in [0.1, 0.15) is 11.5 Å². The molecule has 0 bridgehead atoms. The van der Waals surface area contributed by atoms with Crippen molar-refractivity contribution in [3.8, 4) is 11.5 Å². The van der Waals surface area contributed by atoms with Gasteiger partial charge in [-0.25, -0.2) is 8.78 Å². The lowest BCUT2D eigenvalue weighted by molar-refractivity contribution is 0.148. The first-order valence-electron chi connectivity index (χ1n) is 5.59. The van der Waals surface area contributed by atoms with Gasteiger partial charge in [0.25, 0.3) is 6.43 Å². The van der Waals surface area contributed by atoms with Crippen LogP contribution in [0.15, 0.2) is 36.4 Å². The summed E-state index contributed by atoms with van der Waals surface area (Å²) in [5.74, 6) is 0.394. The summed E-state index contributed by atoms with van der Waals surface area (Å²) in [4.78, 5) is 0. The van der Waals surface area contributed by atoms with Crippen LogP contribution in [-0.2, 0) is 0 Å². The van der Waals surface area contributed by atoms with Crippen molar-refractivity contribution in [2.45, 2.75) is 13.3 Å². The number of hydrogen-bond acceptors (Lipinski definition) is 2. The Labute approximate surface area is 114 Å². The Morgan fingerprint density at radius 2 is 1.84 bits per heavy atom. The second-order valence-corrected chi connectivity index (χ2v) is 4.54. The average Bonchev–Trinajstić information content (AvgIpc) is 2.35. The van der Waals surface area contributed by atoms with Gasteiger partial charge in [0.15, 0.2) is 0 Å². The Bertz CT molecular complexity index is 602. The Morgan fingerprint density at radius 3 is 2.53 bits per heavy atom. The first-order chi connectivity index (χ1) is 8.97. The number of alkyl halides is 2. The molecule has 0 spiro atoms. The largest absolute Gasteiger partial charge is 0.455 e. The maximum absolute atomic E-state index is 12.9. The lowest BCUT2D eigenvalue weighted by atomic mass is 10.2. The van der Waals surface area contributed by atoms with Crippen molar-refractivity contribution in [2.24, 2.45) is 0 Å². The van der Waals surface area contributed by atoms with Gasteiger partial charge in [-0.15, -0.1) is 0 Å². The fraction of sp³-hybridized carbons (Fsp3) is 0.143. The van der Waals surface area contributed by atoms with Crippen molar-refractivity contribution >= 4 is 17.3 Å². The number of ether oxygens (including phenoxy) is 1. The molecule has 0 heterocycles. The van der Waals surface area contributed by atoms with E-state index in [4.69, 9.17) is 22.1 Å². The van der Waals surface area contributed by atoms with Crippen molar-refractivity contribution in [1.29, 1.82) is 0 Å². The van der Waals surface area contributed by atoms with Gasteiger partial charge in [0.2, 0.25) is 0 Å². The highest BCUT2D eigenvalue weighted by Gasteiger charge is 2.16. The van der Waals surface area contributed by atoms with Crippen LogP contribution in [0.3, 0.4) is 0 Å². The molecule has 0 amide bonds. The minimum Gasteiger partial charge on any atom is -0.455 e. The van der Waals surface area contributed by atoms with E-state index in [0.717, 1.165) is 5.56 Å². The van der Waals surface area contributed by atoms with Crippen LogP contribution in [0.5, 0.6) is 11.5 Å². The summed E-state index contributed by atoms with van der Waals surface area (Å²) in [6.07, 6.45) is -2.66. The molecule has 0 aliphatic rings. The molecule has 2 aromatic rings. The molecule has 2 N–H and O–H groups in total. The third-order valence-electron chi connectivity index (χ3n) is 2.58. The third-order valence-corrected chi connectivity index (χ3v) is 2.89. The monoisotopic (exact) mass is 283 g/mol. The zero-order valence-corrected chi connectivity index (χ0v) is 10.9. The van der Waals surface area contributed by atoms with E-state index in [0.29, 0.717) is 10.8 Å². The molecule has 2 aromatic carbocycles. The highest BCUT2D eigenvalue weighted by atomic mass is 35.5. The summed E-state index contributed by atoms with van der Waals surface area (Å²) in [7, 11) is 0. The second kappa shape index (κ2) is 5.45. The van der Waals surface area contributed by atoms with E-state index in [-0.39, 0.29) is 17.0 Å². The van der Waals surface area contributed by atoms with E-state index in [9.17, 15) is 8.78 Å². The molecule has 0 fully saturated rings. The number of nitrogens with two attached hydrogens (primary N) is 1. The van der Waals surface area contributed by atoms with Crippen LogP contribution in [0.1, 0.15) is 17.6 Å². The number of halogens is 3. The smallest absolute Gasteiger partial charge is 0.267 e. The zero-order chi connectivity index (χ0) is 14.0. The summed E-state index contributed by atoms with van der Waals surface area (Å²) >= 11 is 5.97. The molecular formula is C14H12ClF2NO. The van der Waals surface area contributed by atoms with Crippen LogP contribution < -0.4 is 10.5 Å². The van der Waals surface area contributed by atoms with Gasteiger partial charge >= 0.3 is 0 Å². The van der Waals surface area contributed by atoms with Gasteiger partial charge in [-0.05, 0) is 42.8 Å². The highest BCUT2D eigenvalue weighted by molar-refractivity contribution is 6.32. The lowest BCUT2D eigenvalue weighted by Gasteiger charge is -2.13. The molecule has 0 saturated carbocycles. The summed E-state index contributed by atoms with van der Waals surface area (Å²) < 4.78 is 31.3. The number of rotatable bonds is 3. The number of aryl methyl sites for hydroxylation is 1. The van der Waals surface area contributed by atoms with Gasteiger partial charge in [-0.3, -0.25) is 0 Å². The Kier molecular flexibility index (Phi) is 3.90. The second-order valence-electron chi connectivity index (χ2n) is 4.13. The Morgan fingerprint density at radius 1 is 1.11 bits per heavy atom. The van der Waals surface area contributed by atoms with Crippen LogP contribution in [0.4, 0.5) is 14.5 Å². The summed E-state index contributed by atoms with van der Waals surface area (Å²) in [6.45, 7) is 1.86. The molecule has 5 heteroatoms. The SMILES string of the molecule is Cc1ccc(Cl)c(Oc2ccc(N)cc2C(F)F)c1. The molecule has 0 aliphatic heterocycles. The molecule has 100 valence electrons. The van der Waals surface area contributed by atoms with Crippen molar-refractivity contribution in [2.75, 3.05) is 5.73 Å². The normalized spacial score (nSPS) is 10.8. The van der Waals surface area contributed by atoms with E-state index >= 15 is 0 Å². The van der Waals surface area contributed by atoms with Crippen molar-refractivity contribution in [3.05, 3.63) is 52.5 Å². The fourth-order valence-electron chi connectivity index (χ4n) is 1.64. The highest BCUT2D eigenvalue weighted by Crippen LogP contribution is 2.36. The average molecular weight is 284 g/mol. The van der Waals surface area contributed by atoms with Gasteiger partial charge in [0.05, 0.1) is 10.6 Å². The van der Waals surface area contributed by atoms with Crippen molar-refractivity contribution in [3.63, 3.8) is 0 Å². The van der Waals surface area contributed by atoms with E-state index in [1.54, 1.807) is 12.1 Å². The first-order valence-corrected chi connectivity index (χ1v) is 5.97. The quantitative estimate of drug-likeness (QED) is 0.808. The lowest BCUT2D eigenvalue weighted by Crippen LogP contribution is -1.95. The molecule has 0 aliphatic carbocycles. The number of benzene rings is 2. The Balaban J connectivity index is 2.40. The molecule has 2 nitrogen and oxygen atoms in total. The van der Waals surface area contributed by atoms with Gasteiger partial charge in [0, 0.05) is 5.69 Å². The van der Waals surface area contributed by atoms with E-state index in [2.05, 4.69) is 0 Å². The van der Waals surface area contributed by atoms with Gasteiger partial charge in [-0.2, -0.15) is 0 Å². The number of nitrogen functional groups attached to an aromatic ring is 1. The number of hydrogen-bond donors (Lipinski definition) is 1. The summed E-state index contributed by atoms with van der Waals surface area (Å²) in [5, 5.41) is 0.364. The predicted molar refractivity (Wildman–Crippen MR) is 72.1 cm³/mol. The van der Waals surface area contributed by atoms with Crippen LogP contribution in [0, 0.1) is 6.92 Å². The molecule has 0 saturated heterocycles. The van der Waals surface area contributed by atoms with Crippen molar-refractivity contribution < 1.29 is 13.5 Å². The van der Waals surface area contributed by atoms with Crippen LogP contribution in [0.2, 0.25) is 5.02 Å². The van der Waals surface area contributed by atoms with Crippen LogP contribution >= 0.6 is 11.6 Å². The molecule has 0 aromatic heterocycles. The van der Waals surface area contributed by atoms with Crippen LogP contribution in [-0.4, -0.2) is 0 Å². The third kappa shape index (κ3) is 3.15. The molecule has 0 radical (unpaired) electrons. The van der Waals surface area contributed by atoms with E-state index in [1.807, 2.05) is 13.0 Å². The first kappa shape index (κ1) is 13.6. The molecule has 0 unspecified atom stereocenters. The molecule has 0 atom stereocenters. The maximum atomic E-state index is 12.9. The minimum absolute atomic E-state index is 0.0525. The van der Waals surface area contributed by atoms with E-state index in [1.165, 1.54) is 18.2 Å². The van der Waals surface area contributed by atoms with Gasteiger partial charge in [-0.1, -0.05) is 17.7 Å². The summed E-state index contributed by atoms with van der Waals surface area (Å²) in [5.41, 5.74) is 6.43. The maximum Gasteiger partial charge on any atom is 0.267 e.